The molecule has 1 N–H and O–H groups in total. The Bertz CT molecular complexity index is 1140. The number of nitrogens with zero attached hydrogens (tertiary/aromatic N) is 4. The topological polar surface area (TPSA) is 117 Å². The Labute approximate surface area is 150 Å². The van der Waals surface area contributed by atoms with Crippen molar-refractivity contribution in [2.24, 2.45) is 14.1 Å². The number of methoxy groups -OCH3 is 1. The Morgan fingerprint density at radius 3 is 2.73 bits per heavy atom. The summed E-state index contributed by atoms with van der Waals surface area (Å²) in [5, 5.41) is 4.44. The molecule has 1 amide bonds. The normalized spacial score (nSPS) is 10.9. The maximum atomic E-state index is 12.6. The molecule has 3 aromatic rings. The van der Waals surface area contributed by atoms with Crippen LogP contribution >= 0.6 is 11.3 Å². The fourth-order valence-electron chi connectivity index (χ4n) is 2.52. The van der Waals surface area contributed by atoms with Crippen molar-refractivity contribution < 1.29 is 14.3 Å². The Kier molecular flexibility index (Phi) is 4.47. The summed E-state index contributed by atoms with van der Waals surface area (Å²) in [6.45, 7) is -0.495. The van der Waals surface area contributed by atoms with Gasteiger partial charge in [0.1, 0.15) is 11.5 Å². The van der Waals surface area contributed by atoms with Crippen molar-refractivity contribution in [3.05, 3.63) is 44.2 Å². The summed E-state index contributed by atoms with van der Waals surface area (Å²) in [6, 6.07) is 1.51. The molecule has 3 rings (SSSR count). The molecule has 0 saturated heterocycles. The number of amides is 1. The third kappa shape index (κ3) is 2.81. The summed E-state index contributed by atoms with van der Waals surface area (Å²) >= 11 is 1.13. The summed E-state index contributed by atoms with van der Waals surface area (Å²) < 4.78 is 8.15. The Morgan fingerprint density at radius 2 is 2.04 bits per heavy atom. The number of carbonyl (C=O) groups is 2. The quantitative estimate of drug-likeness (QED) is 0.636. The summed E-state index contributed by atoms with van der Waals surface area (Å²) in [4.78, 5) is 53.0. The van der Waals surface area contributed by atoms with E-state index in [4.69, 9.17) is 0 Å². The van der Waals surface area contributed by atoms with Crippen molar-refractivity contribution in [1.29, 1.82) is 0 Å². The van der Waals surface area contributed by atoms with Crippen molar-refractivity contribution in [3.8, 4) is 0 Å². The molecule has 26 heavy (non-hydrogen) atoms. The summed E-state index contributed by atoms with van der Waals surface area (Å²) in [5.74, 6) is -1.20. The maximum Gasteiger partial charge on any atom is 0.340 e. The molecule has 3 heterocycles. The average molecular weight is 377 g/mol. The van der Waals surface area contributed by atoms with Crippen molar-refractivity contribution in [2.75, 3.05) is 12.4 Å². The van der Waals surface area contributed by atoms with Crippen molar-refractivity contribution in [1.82, 2.24) is 18.7 Å². The first-order valence-electron chi connectivity index (χ1n) is 7.41. The van der Waals surface area contributed by atoms with Crippen LogP contribution in [0.3, 0.4) is 0 Å². The van der Waals surface area contributed by atoms with Gasteiger partial charge in [-0.2, -0.15) is 0 Å². The zero-order valence-corrected chi connectivity index (χ0v) is 15.0. The first-order valence-corrected chi connectivity index (χ1v) is 8.29. The molecule has 0 bridgehead atoms. The fourth-order valence-corrected chi connectivity index (χ4v) is 3.31. The highest BCUT2D eigenvalue weighted by atomic mass is 32.1. The van der Waals surface area contributed by atoms with E-state index in [-0.39, 0.29) is 21.7 Å². The molecule has 0 unspecified atom stereocenters. The molecule has 0 aromatic carbocycles. The highest BCUT2D eigenvalue weighted by Gasteiger charge is 2.19. The lowest BCUT2D eigenvalue weighted by atomic mass is 10.3. The van der Waals surface area contributed by atoms with Gasteiger partial charge < -0.3 is 14.6 Å². The first-order chi connectivity index (χ1) is 12.3. The number of imidazole rings is 1. The second kappa shape index (κ2) is 6.59. The lowest BCUT2D eigenvalue weighted by Gasteiger charge is -2.09. The number of esters is 1. The van der Waals surface area contributed by atoms with Gasteiger partial charge in [0.05, 0.1) is 19.0 Å². The standard InChI is InChI=1S/C15H15N5O5S/c1-18-7-16-11-10(18)13(22)20(15(24)19(11)2)6-9(21)17-12-8(4-5-26-12)14(23)25-3/h4-5,7H,6H2,1-3H3,(H,17,21). The number of nitrogens with one attached hydrogen (secondary N) is 1. The SMILES string of the molecule is COC(=O)c1ccsc1NC(=O)Cn1c(=O)c2c(ncn2C)n(C)c1=O. The van der Waals surface area contributed by atoms with Crippen LogP contribution in [0.25, 0.3) is 11.2 Å². The molecule has 10 nitrogen and oxygen atoms in total. The van der Waals surface area contributed by atoms with Gasteiger partial charge in [-0.1, -0.05) is 0 Å². The van der Waals surface area contributed by atoms with E-state index in [0.717, 1.165) is 15.9 Å². The van der Waals surface area contributed by atoms with Gasteiger partial charge in [-0.3, -0.25) is 14.2 Å². The van der Waals surface area contributed by atoms with E-state index >= 15 is 0 Å². The molecule has 136 valence electrons. The average Bonchev–Trinajstić information content (AvgIpc) is 3.22. The highest BCUT2D eigenvalue weighted by Crippen LogP contribution is 2.23. The number of rotatable bonds is 4. The minimum absolute atomic E-state index is 0.202. The van der Waals surface area contributed by atoms with Gasteiger partial charge in [0.2, 0.25) is 5.91 Å². The van der Waals surface area contributed by atoms with Crippen LogP contribution in [0, 0.1) is 0 Å². The number of hydrogen-bond donors (Lipinski definition) is 1. The predicted molar refractivity (Wildman–Crippen MR) is 94.5 cm³/mol. The molecule has 11 heteroatoms. The lowest BCUT2D eigenvalue weighted by Crippen LogP contribution is -2.42. The minimum Gasteiger partial charge on any atom is -0.465 e. The largest absolute Gasteiger partial charge is 0.465 e. The van der Waals surface area contributed by atoms with Crippen molar-refractivity contribution in [2.45, 2.75) is 6.54 Å². The molecule has 0 atom stereocenters. The smallest absolute Gasteiger partial charge is 0.340 e. The molecule has 3 aromatic heterocycles. The molecule has 0 radical (unpaired) electrons. The maximum absolute atomic E-state index is 12.6. The van der Waals surface area contributed by atoms with E-state index < -0.39 is 29.7 Å². The van der Waals surface area contributed by atoms with Crippen molar-refractivity contribution >= 4 is 39.4 Å². The molecule has 0 spiro atoms. The highest BCUT2D eigenvalue weighted by molar-refractivity contribution is 7.14. The summed E-state index contributed by atoms with van der Waals surface area (Å²) in [6.07, 6.45) is 1.42. The van der Waals surface area contributed by atoms with Crippen LogP contribution in [0.2, 0.25) is 0 Å². The number of carbonyl (C=O) groups excluding carboxylic acids is 2. The van der Waals surface area contributed by atoms with E-state index in [1.165, 1.54) is 35.7 Å². The van der Waals surface area contributed by atoms with E-state index in [9.17, 15) is 19.2 Å². The van der Waals surface area contributed by atoms with Gasteiger partial charge >= 0.3 is 11.7 Å². The predicted octanol–water partition coefficient (Wildman–Crippen LogP) is -0.0795. The summed E-state index contributed by atoms with van der Waals surface area (Å²) in [7, 11) is 4.33. The van der Waals surface area contributed by atoms with E-state index in [1.807, 2.05) is 0 Å². The zero-order chi connectivity index (χ0) is 19.0. The molecule has 0 aliphatic rings. The number of thiophene rings is 1. The third-order valence-electron chi connectivity index (χ3n) is 3.83. The number of ether oxygens (including phenoxy) is 1. The van der Waals surface area contributed by atoms with E-state index in [2.05, 4.69) is 15.0 Å². The fraction of sp³-hybridized carbons (Fsp3) is 0.267. The second-order valence-corrected chi connectivity index (χ2v) is 6.38. The van der Waals surface area contributed by atoms with Gasteiger partial charge in [0, 0.05) is 14.1 Å². The Balaban J connectivity index is 1.95. The molecule has 0 fully saturated rings. The van der Waals surface area contributed by atoms with Crippen LogP contribution in [0.5, 0.6) is 0 Å². The number of fused-ring (bicyclic) bond motifs is 1. The van der Waals surface area contributed by atoms with Crippen LogP contribution in [0.4, 0.5) is 5.00 Å². The van der Waals surface area contributed by atoms with Gasteiger partial charge in [0.25, 0.3) is 5.56 Å². The Hall–Kier alpha value is -3.21. The molecule has 0 aliphatic carbocycles. The van der Waals surface area contributed by atoms with Crippen LogP contribution in [-0.4, -0.2) is 37.7 Å². The number of hydrogen-bond acceptors (Lipinski definition) is 7. The Morgan fingerprint density at radius 1 is 1.31 bits per heavy atom. The van der Waals surface area contributed by atoms with Crippen molar-refractivity contribution in [3.63, 3.8) is 0 Å². The third-order valence-corrected chi connectivity index (χ3v) is 4.66. The van der Waals surface area contributed by atoms with Gasteiger partial charge in [-0.25, -0.2) is 19.1 Å². The number of anilines is 1. The van der Waals surface area contributed by atoms with Gasteiger partial charge in [-0.05, 0) is 11.4 Å². The minimum atomic E-state index is -0.657. The second-order valence-electron chi connectivity index (χ2n) is 5.46. The number of aromatic nitrogens is 4. The van der Waals surface area contributed by atoms with Crippen LogP contribution < -0.4 is 16.6 Å². The first kappa shape index (κ1) is 17.6. The zero-order valence-electron chi connectivity index (χ0n) is 14.2. The number of aryl methyl sites for hydroxylation is 2. The van der Waals surface area contributed by atoms with Crippen LogP contribution in [-0.2, 0) is 30.2 Å². The van der Waals surface area contributed by atoms with Crippen LogP contribution in [0.15, 0.2) is 27.4 Å². The molecular formula is C15H15N5O5S. The van der Waals surface area contributed by atoms with Crippen LogP contribution in [0.1, 0.15) is 10.4 Å². The molecule has 0 aliphatic heterocycles. The molecular weight excluding hydrogens is 362 g/mol. The lowest BCUT2D eigenvalue weighted by molar-refractivity contribution is -0.116. The van der Waals surface area contributed by atoms with Gasteiger partial charge in [0.15, 0.2) is 11.2 Å². The molecule has 0 saturated carbocycles. The van der Waals surface area contributed by atoms with E-state index in [1.54, 1.807) is 12.4 Å². The van der Waals surface area contributed by atoms with Gasteiger partial charge in [-0.15, -0.1) is 11.3 Å². The monoisotopic (exact) mass is 377 g/mol. The summed E-state index contributed by atoms with van der Waals surface area (Å²) in [5.41, 5.74) is -0.613. The van der Waals surface area contributed by atoms with E-state index in [0.29, 0.717) is 0 Å².